The highest BCUT2D eigenvalue weighted by molar-refractivity contribution is 5.94. The maximum absolute atomic E-state index is 13.2. The molecule has 0 heterocycles. The van der Waals surface area contributed by atoms with E-state index in [0.29, 0.717) is 11.1 Å². The molecule has 9 N–H and O–H groups in total. The van der Waals surface area contributed by atoms with Crippen LogP contribution in [0.4, 0.5) is 0 Å². The number of carboxylic acids is 1. The average molecular weight is 528 g/mol. The van der Waals surface area contributed by atoms with Crippen LogP contribution in [-0.2, 0) is 36.8 Å². The highest BCUT2D eigenvalue weighted by atomic mass is 16.4. The number of nitrogens with one attached hydrogen (secondary N) is 3. The quantitative estimate of drug-likeness (QED) is 0.167. The summed E-state index contributed by atoms with van der Waals surface area (Å²) in [6, 6.07) is 10.1. The van der Waals surface area contributed by atoms with E-state index in [9.17, 15) is 34.2 Å². The number of rotatable bonds is 14. The smallest absolute Gasteiger partial charge is 0.326 e. The number of carbonyl (C=O) groups excluding carboxylic acids is 4. The highest BCUT2D eigenvalue weighted by Gasteiger charge is 2.29. The fraction of sp³-hybridized carbons (Fsp3) is 0.346. The van der Waals surface area contributed by atoms with Crippen LogP contribution in [0.5, 0.6) is 5.75 Å². The zero-order chi connectivity index (χ0) is 28.2. The van der Waals surface area contributed by atoms with Crippen LogP contribution in [0, 0.1) is 0 Å². The lowest BCUT2D eigenvalue weighted by Gasteiger charge is -2.24. The number of benzene rings is 2. The zero-order valence-electron chi connectivity index (χ0n) is 20.9. The molecule has 2 aromatic rings. The molecule has 0 saturated heterocycles. The molecule has 0 aliphatic heterocycles. The average Bonchev–Trinajstić information content (AvgIpc) is 2.87. The summed E-state index contributed by atoms with van der Waals surface area (Å²) < 4.78 is 0. The predicted octanol–water partition coefficient (Wildman–Crippen LogP) is -0.671. The van der Waals surface area contributed by atoms with Crippen LogP contribution < -0.4 is 27.4 Å². The third-order valence-electron chi connectivity index (χ3n) is 5.70. The van der Waals surface area contributed by atoms with Gasteiger partial charge < -0.3 is 37.6 Å². The van der Waals surface area contributed by atoms with Crippen LogP contribution in [0.25, 0.3) is 0 Å². The van der Waals surface area contributed by atoms with Crippen molar-refractivity contribution in [1.29, 1.82) is 0 Å². The van der Waals surface area contributed by atoms with Crippen LogP contribution in [0.2, 0.25) is 0 Å². The van der Waals surface area contributed by atoms with E-state index < -0.39 is 53.8 Å². The lowest BCUT2D eigenvalue weighted by molar-refractivity contribution is -0.142. The van der Waals surface area contributed by atoms with Gasteiger partial charge in [0.25, 0.3) is 0 Å². The third kappa shape index (κ3) is 9.90. The van der Waals surface area contributed by atoms with Crippen molar-refractivity contribution in [2.24, 2.45) is 11.5 Å². The van der Waals surface area contributed by atoms with Gasteiger partial charge in [-0.25, -0.2) is 4.79 Å². The number of amides is 4. The van der Waals surface area contributed by atoms with Crippen molar-refractivity contribution in [3.05, 3.63) is 65.7 Å². The Labute approximate surface area is 219 Å². The van der Waals surface area contributed by atoms with Gasteiger partial charge in [0.2, 0.25) is 23.6 Å². The number of aliphatic carboxylic acids is 1. The fourth-order valence-corrected chi connectivity index (χ4v) is 3.51. The van der Waals surface area contributed by atoms with E-state index in [2.05, 4.69) is 16.0 Å². The van der Waals surface area contributed by atoms with E-state index in [1.807, 2.05) is 0 Å². The van der Waals surface area contributed by atoms with Gasteiger partial charge in [-0.1, -0.05) is 42.5 Å². The van der Waals surface area contributed by atoms with Gasteiger partial charge in [0.15, 0.2) is 0 Å². The molecule has 0 bridgehead atoms. The second-order valence-electron chi connectivity index (χ2n) is 8.86. The molecule has 12 nitrogen and oxygen atoms in total. The lowest BCUT2D eigenvalue weighted by Crippen LogP contribution is -2.57. The first kappa shape index (κ1) is 29.8. The van der Waals surface area contributed by atoms with Crippen molar-refractivity contribution in [3.8, 4) is 5.75 Å². The van der Waals surface area contributed by atoms with Crippen LogP contribution in [0.1, 0.15) is 30.9 Å². The summed E-state index contributed by atoms with van der Waals surface area (Å²) >= 11 is 0. The Balaban J connectivity index is 2.12. The number of carboxylic acid groups (broad SMARTS) is 1. The molecular formula is C26H33N5O7. The van der Waals surface area contributed by atoms with Crippen LogP contribution in [0.3, 0.4) is 0 Å². The van der Waals surface area contributed by atoms with Gasteiger partial charge in [-0.2, -0.15) is 0 Å². The largest absolute Gasteiger partial charge is 0.508 e. The summed E-state index contributed by atoms with van der Waals surface area (Å²) in [5.41, 5.74) is 12.1. The number of hydrogen-bond acceptors (Lipinski definition) is 7. The van der Waals surface area contributed by atoms with Crippen molar-refractivity contribution in [3.63, 3.8) is 0 Å². The molecule has 4 atom stereocenters. The molecule has 0 fully saturated rings. The number of nitrogens with two attached hydrogens (primary N) is 2. The number of phenolic OH excluding ortho intramolecular Hbond substituents is 1. The van der Waals surface area contributed by atoms with Crippen LogP contribution >= 0.6 is 0 Å². The standard InChI is InChI=1S/C26H33N5O7/c1-15(29-24(35)19(27)11-12-22(28)33)23(34)30-20(13-16-5-3-2-4-6-16)25(36)31-21(26(37)38)14-17-7-9-18(32)10-8-17/h2-10,15,19-21,32H,11-14,27H2,1H3,(H2,28,33)(H,29,35)(H,30,34)(H,31,36)(H,37,38). The van der Waals surface area contributed by atoms with Gasteiger partial charge in [0.1, 0.15) is 23.9 Å². The van der Waals surface area contributed by atoms with E-state index in [1.54, 1.807) is 42.5 Å². The second kappa shape index (κ2) is 14.3. The Bertz CT molecular complexity index is 1120. The number of primary amides is 1. The topological polar surface area (TPSA) is 214 Å². The minimum atomic E-state index is -1.30. The minimum Gasteiger partial charge on any atom is -0.508 e. The van der Waals surface area contributed by atoms with Crippen molar-refractivity contribution in [2.45, 2.75) is 56.8 Å². The van der Waals surface area contributed by atoms with Crippen molar-refractivity contribution < 1.29 is 34.2 Å². The minimum absolute atomic E-state index is 0.00610. The summed E-state index contributed by atoms with van der Waals surface area (Å²) in [4.78, 5) is 61.1. The fourth-order valence-electron chi connectivity index (χ4n) is 3.51. The summed E-state index contributed by atoms with van der Waals surface area (Å²) in [6.45, 7) is 1.40. The maximum atomic E-state index is 13.2. The van der Waals surface area contributed by atoms with Crippen LogP contribution in [0.15, 0.2) is 54.6 Å². The number of aromatic hydroxyl groups is 1. The first-order valence-electron chi connectivity index (χ1n) is 12.0. The normalized spacial score (nSPS) is 13.8. The van der Waals surface area contributed by atoms with Crippen molar-refractivity contribution in [1.82, 2.24) is 16.0 Å². The third-order valence-corrected chi connectivity index (χ3v) is 5.70. The molecule has 0 aromatic heterocycles. The Hall–Kier alpha value is -4.45. The van der Waals surface area contributed by atoms with Gasteiger partial charge >= 0.3 is 5.97 Å². The molecule has 0 aliphatic rings. The van der Waals surface area contributed by atoms with E-state index in [-0.39, 0.29) is 31.4 Å². The monoisotopic (exact) mass is 527 g/mol. The molecule has 0 aliphatic carbocycles. The zero-order valence-corrected chi connectivity index (χ0v) is 20.9. The molecule has 2 rings (SSSR count). The molecule has 2 aromatic carbocycles. The van der Waals surface area contributed by atoms with Gasteiger partial charge in [0.05, 0.1) is 6.04 Å². The summed E-state index contributed by atoms with van der Waals surface area (Å²) in [5, 5.41) is 26.6. The number of hydrogen-bond donors (Lipinski definition) is 7. The molecule has 38 heavy (non-hydrogen) atoms. The van der Waals surface area contributed by atoms with Crippen molar-refractivity contribution in [2.75, 3.05) is 0 Å². The summed E-state index contributed by atoms with van der Waals surface area (Å²) in [7, 11) is 0. The predicted molar refractivity (Wildman–Crippen MR) is 137 cm³/mol. The Kier molecular flexibility index (Phi) is 11.2. The van der Waals surface area contributed by atoms with Gasteiger partial charge in [-0.05, 0) is 36.6 Å². The molecule has 4 amide bonds. The highest BCUT2D eigenvalue weighted by Crippen LogP contribution is 2.12. The lowest BCUT2D eigenvalue weighted by atomic mass is 10.0. The Morgan fingerprint density at radius 3 is 1.92 bits per heavy atom. The van der Waals surface area contributed by atoms with Crippen molar-refractivity contribution >= 4 is 29.6 Å². The van der Waals surface area contributed by atoms with E-state index in [4.69, 9.17) is 11.5 Å². The van der Waals surface area contributed by atoms with E-state index >= 15 is 0 Å². The summed E-state index contributed by atoms with van der Waals surface area (Å²) in [5.74, 6) is -3.96. The molecular weight excluding hydrogens is 494 g/mol. The molecule has 0 radical (unpaired) electrons. The first-order chi connectivity index (χ1) is 18.0. The Morgan fingerprint density at radius 2 is 1.34 bits per heavy atom. The van der Waals surface area contributed by atoms with Gasteiger partial charge in [-0.3, -0.25) is 19.2 Å². The molecule has 12 heteroatoms. The molecule has 0 saturated carbocycles. The first-order valence-corrected chi connectivity index (χ1v) is 12.0. The van der Waals surface area contributed by atoms with Gasteiger partial charge in [-0.15, -0.1) is 0 Å². The van der Waals surface area contributed by atoms with E-state index in [0.717, 1.165) is 0 Å². The van der Waals surface area contributed by atoms with E-state index in [1.165, 1.54) is 19.1 Å². The second-order valence-corrected chi connectivity index (χ2v) is 8.86. The maximum Gasteiger partial charge on any atom is 0.326 e. The summed E-state index contributed by atoms with van der Waals surface area (Å²) in [6.07, 6.45) is -0.0821. The SMILES string of the molecule is CC(NC(=O)C(N)CCC(N)=O)C(=O)NC(Cc1ccccc1)C(=O)NC(Cc1ccc(O)cc1)C(=O)O. The van der Waals surface area contributed by atoms with Crippen LogP contribution in [-0.4, -0.2) is 64.0 Å². The van der Waals surface area contributed by atoms with Gasteiger partial charge in [0, 0.05) is 19.3 Å². The molecule has 204 valence electrons. The molecule has 4 unspecified atom stereocenters. The Morgan fingerprint density at radius 1 is 0.789 bits per heavy atom. The molecule has 0 spiro atoms. The number of carbonyl (C=O) groups is 5. The number of phenols is 1.